The van der Waals surface area contributed by atoms with Gasteiger partial charge in [0, 0.05) is 112 Å². The first-order valence-corrected chi connectivity index (χ1v) is 14.1. The number of carbonyl (C=O) groups is 1. The Bertz CT molecular complexity index is 1200. The predicted molar refractivity (Wildman–Crippen MR) is 144 cm³/mol. The zero-order chi connectivity index (χ0) is 29.6. The van der Waals surface area contributed by atoms with Gasteiger partial charge in [-0.2, -0.15) is 0 Å². The summed E-state index contributed by atoms with van der Waals surface area (Å²) < 4.78 is 5.59. The summed E-state index contributed by atoms with van der Waals surface area (Å²) in [4.78, 5) is 19.1. The van der Waals surface area contributed by atoms with Crippen molar-refractivity contribution in [2.75, 3.05) is 6.61 Å². The van der Waals surface area contributed by atoms with Crippen molar-refractivity contribution in [2.24, 2.45) is 34.3 Å². The summed E-state index contributed by atoms with van der Waals surface area (Å²) in [7, 11) is 0. The number of Topliss-reactive ketones (excluding diaryl/α,β-unsaturated/α-hetero) is 1. The Morgan fingerprint density at radius 1 is 1.10 bits per heavy atom. The fourth-order valence-electron chi connectivity index (χ4n) is 8.87. The molecule has 10 nitrogen and oxygen atoms in total. The number of rotatable bonds is 5. The second-order valence-corrected chi connectivity index (χ2v) is 13.3. The van der Waals surface area contributed by atoms with Gasteiger partial charge in [0.15, 0.2) is 5.78 Å². The summed E-state index contributed by atoms with van der Waals surface area (Å²) in [5.41, 5.74) is 1.80. The van der Waals surface area contributed by atoms with E-state index in [1.165, 1.54) is 0 Å². The molecule has 4 aliphatic rings. The van der Waals surface area contributed by atoms with Gasteiger partial charge in [-0.25, -0.2) is 4.89 Å². The minimum atomic E-state index is -1.72. The molecule has 0 spiro atoms. The molecular formula is C30H43Ac2NO9. The maximum Gasteiger partial charge on any atom is 0.174 e. The van der Waals surface area contributed by atoms with E-state index < -0.39 is 82.1 Å². The first-order chi connectivity index (χ1) is 18.6. The molecule has 1 aliphatic heterocycles. The molecule has 2 bridgehead atoms. The Labute approximate surface area is 318 Å². The summed E-state index contributed by atoms with van der Waals surface area (Å²) in [6, 6.07) is 7.90. The molecule has 1 saturated heterocycles. The molecule has 2 radical (unpaired) electrons. The SMILES string of the molecule is CC1=C2C(O)C(=O)[C@]3(C)C(O)CC4OC[C@@]4(O)C3C(C)C(O)(CC1[C@@H](OO)C(O)C(N)c1ccccc1)C2(C)C.[Ac].[Ac]. The number of aliphatic hydroxyl groups excluding tert-OH is 3. The van der Waals surface area contributed by atoms with Gasteiger partial charge >= 0.3 is 0 Å². The van der Waals surface area contributed by atoms with Gasteiger partial charge in [0.05, 0.1) is 35.9 Å². The number of ketones is 1. The zero-order valence-electron chi connectivity index (χ0n) is 24.8. The van der Waals surface area contributed by atoms with Gasteiger partial charge in [-0.15, -0.1) is 0 Å². The van der Waals surface area contributed by atoms with Crippen molar-refractivity contribution in [2.45, 2.75) is 95.2 Å². The molecule has 9 unspecified atom stereocenters. The van der Waals surface area contributed by atoms with Crippen molar-refractivity contribution in [3.63, 3.8) is 0 Å². The molecule has 1 aromatic carbocycles. The van der Waals surface area contributed by atoms with Crippen LogP contribution >= 0.6 is 0 Å². The van der Waals surface area contributed by atoms with Crippen molar-refractivity contribution in [1.82, 2.24) is 0 Å². The fourth-order valence-corrected chi connectivity index (χ4v) is 8.87. The molecule has 1 heterocycles. The van der Waals surface area contributed by atoms with Crippen LogP contribution in [0.25, 0.3) is 0 Å². The molecule has 12 heteroatoms. The zero-order valence-corrected chi connectivity index (χ0v) is 34.3. The average molecular weight is 1020 g/mol. The van der Waals surface area contributed by atoms with E-state index in [4.69, 9.17) is 15.4 Å². The molecule has 2 saturated carbocycles. The minimum absolute atomic E-state index is 0. The van der Waals surface area contributed by atoms with Gasteiger partial charge in [0.2, 0.25) is 0 Å². The maximum absolute atomic E-state index is 14.2. The Hall–Kier alpha value is 1.15. The maximum atomic E-state index is 14.2. The standard InChI is InChI=1S/C30H43NO9.2Ac/c1-14-17(24(40-38)23(34)21(31)16-9-7-6-8-10-16)12-30(37)15(2)25-28(5,18(32)11-19-29(25,36)13-39-19)26(35)22(33)20(14)27(30,3)4;;/h6-10,15,17-19,21-25,32-34,36-38H,11-13,31H2,1-5H3;;/t15?,17?,18?,19?,21?,22?,23?,24-,25?,28-,29+,30?;;/m1../s1. The third kappa shape index (κ3) is 5.18. The average Bonchev–Trinajstić information content (AvgIpc) is 2.92. The van der Waals surface area contributed by atoms with Crippen LogP contribution in [0.3, 0.4) is 0 Å². The Balaban J connectivity index is 0.00000242. The third-order valence-electron chi connectivity index (χ3n) is 11.4. The van der Waals surface area contributed by atoms with E-state index in [0.29, 0.717) is 11.1 Å². The summed E-state index contributed by atoms with van der Waals surface area (Å²) in [5.74, 6) is -3.25. The first-order valence-electron chi connectivity index (χ1n) is 14.1. The largest absolute Gasteiger partial charge is 0.392 e. The third-order valence-corrected chi connectivity index (χ3v) is 11.4. The van der Waals surface area contributed by atoms with Gasteiger partial charge in [-0.3, -0.25) is 10.1 Å². The summed E-state index contributed by atoms with van der Waals surface area (Å²) in [5, 5.41) is 69.0. The number of hydrogen-bond donors (Lipinski definition) is 7. The summed E-state index contributed by atoms with van der Waals surface area (Å²) >= 11 is 0. The number of ether oxygens (including phenoxy) is 1. The van der Waals surface area contributed by atoms with E-state index in [2.05, 4.69) is 0 Å². The first kappa shape index (κ1) is 37.6. The molecule has 3 fully saturated rings. The van der Waals surface area contributed by atoms with Crippen molar-refractivity contribution in [3.8, 4) is 0 Å². The monoisotopic (exact) mass is 1020 g/mol. The van der Waals surface area contributed by atoms with Gasteiger partial charge in [-0.1, -0.05) is 56.7 Å². The van der Waals surface area contributed by atoms with E-state index in [1.807, 2.05) is 6.07 Å². The molecule has 3 aliphatic carbocycles. The minimum Gasteiger partial charge on any atom is -0.392 e. The molecular weight excluding hydrogens is 972 g/mol. The van der Waals surface area contributed by atoms with Crippen LogP contribution in [0, 0.1) is 117 Å². The quantitative estimate of drug-likeness (QED) is 0.128. The molecule has 0 aromatic heterocycles. The van der Waals surface area contributed by atoms with E-state index in [0.717, 1.165) is 0 Å². The van der Waals surface area contributed by atoms with Crippen molar-refractivity contribution in [1.29, 1.82) is 0 Å². The van der Waals surface area contributed by atoms with E-state index in [9.17, 15) is 35.6 Å². The smallest absolute Gasteiger partial charge is 0.174 e. The fraction of sp³-hybridized carbons (Fsp3) is 0.700. The van der Waals surface area contributed by atoms with Crippen molar-refractivity contribution >= 4 is 5.78 Å². The molecule has 42 heavy (non-hydrogen) atoms. The van der Waals surface area contributed by atoms with Crippen LogP contribution in [-0.4, -0.2) is 84.9 Å². The molecule has 12 atom stereocenters. The number of benzene rings is 1. The van der Waals surface area contributed by atoms with E-state index in [1.54, 1.807) is 58.9 Å². The predicted octanol–water partition coefficient (Wildman–Crippen LogP) is 1.10. The Morgan fingerprint density at radius 2 is 1.69 bits per heavy atom. The molecule has 0 amide bonds. The van der Waals surface area contributed by atoms with E-state index in [-0.39, 0.29) is 113 Å². The molecule has 1 aromatic rings. The van der Waals surface area contributed by atoms with Crippen molar-refractivity contribution < 1.29 is 133 Å². The van der Waals surface area contributed by atoms with Gasteiger partial charge < -0.3 is 36.0 Å². The number of hydrogen-bond acceptors (Lipinski definition) is 10. The number of nitrogens with two attached hydrogens (primary N) is 1. The van der Waals surface area contributed by atoms with Gasteiger partial charge in [-0.05, 0) is 37.3 Å². The normalized spacial score (nSPS) is 42.7. The summed E-state index contributed by atoms with van der Waals surface area (Å²) in [6.07, 6.45) is -6.39. The van der Waals surface area contributed by atoms with Crippen LogP contribution in [0.5, 0.6) is 0 Å². The van der Waals surface area contributed by atoms with Gasteiger partial charge in [0.1, 0.15) is 23.9 Å². The van der Waals surface area contributed by atoms with Crippen LogP contribution in [0.15, 0.2) is 41.5 Å². The van der Waals surface area contributed by atoms with Crippen LogP contribution in [-0.2, 0) is 14.4 Å². The summed E-state index contributed by atoms with van der Waals surface area (Å²) in [6.45, 7) is 8.43. The van der Waals surface area contributed by atoms with Gasteiger partial charge in [0.25, 0.3) is 0 Å². The number of aliphatic hydroxyl groups is 5. The Kier molecular flexibility index (Phi) is 11.6. The van der Waals surface area contributed by atoms with Crippen molar-refractivity contribution in [3.05, 3.63) is 47.0 Å². The number of carbonyl (C=O) groups excluding carboxylic acids is 1. The van der Waals surface area contributed by atoms with Crippen LogP contribution < -0.4 is 5.73 Å². The van der Waals surface area contributed by atoms with Crippen LogP contribution in [0.1, 0.15) is 59.1 Å². The topological polar surface area (TPSA) is 183 Å². The molecule has 8 N–H and O–H groups in total. The Morgan fingerprint density at radius 3 is 2.21 bits per heavy atom. The van der Waals surface area contributed by atoms with Crippen LogP contribution in [0.4, 0.5) is 0 Å². The second-order valence-electron chi connectivity index (χ2n) is 13.3. The molecule has 5 rings (SSSR count). The van der Waals surface area contributed by atoms with Crippen LogP contribution in [0.2, 0.25) is 0 Å². The molecule has 228 valence electrons. The van der Waals surface area contributed by atoms with E-state index >= 15 is 0 Å². The second kappa shape index (κ2) is 13.0. The number of fused-ring (bicyclic) bond motifs is 5.